The van der Waals surface area contributed by atoms with Crippen molar-refractivity contribution in [2.45, 2.75) is 63.9 Å². The molecule has 4 bridgehead atoms. The summed E-state index contributed by atoms with van der Waals surface area (Å²) in [6.45, 7) is 9.10. The van der Waals surface area contributed by atoms with Crippen molar-refractivity contribution in [3.05, 3.63) is 47.0 Å². The van der Waals surface area contributed by atoms with Crippen molar-refractivity contribution in [3.8, 4) is 0 Å². The fourth-order valence-corrected chi connectivity index (χ4v) is 4.39. The molecule has 0 saturated carbocycles. The van der Waals surface area contributed by atoms with Crippen LogP contribution in [0.25, 0.3) is 0 Å². The first-order valence-electron chi connectivity index (χ1n) is 10.3. The largest absolute Gasteiger partial charge is 0.465 e. The molecule has 3 aliphatic rings. The number of carbonyl (C=O) groups excluding carboxylic acids is 3. The number of fused-ring (bicyclic) bond motifs is 5. The maximum atomic E-state index is 12.6. The number of esters is 3. The number of epoxide rings is 1. The Morgan fingerprint density at radius 3 is 2.68 bits per heavy atom. The standard InChI is InChI=1S/C23H26O8/c1-11(2)13-6-17(28-12(3)24)15-8-14(29-22(15)26)10-23(4)20(31-23)19-9-16(21(25)27-5)18(7-13)30-19/h8-9,13-14,17,20H,1,6-7,10H2,2-5H3. The highest BCUT2D eigenvalue weighted by Gasteiger charge is 2.57. The third-order valence-corrected chi connectivity index (χ3v) is 6.12. The number of allylic oxidation sites excluding steroid dienone is 1. The van der Waals surface area contributed by atoms with Gasteiger partial charge in [-0.05, 0) is 38.3 Å². The van der Waals surface area contributed by atoms with E-state index in [4.69, 9.17) is 23.4 Å². The van der Waals surface area contributed by atoms with Crippen LogP contribution < -0.4 is 0 Å². The van der Waals surface area contributed by atoms with Crippen LogP contribution in [0.5, 0.6) is 0 Å². The van der Waals surface area contributed by atoms with E-state index >= 15 is 0 Å². The summed E-state index contributed by atoms with van der Waals surface area (Å²) in [5.41, 5.74) is 0.839. The molecule has 0 aliphatic carbocycles. The number of hydrogen-bond donors (Lipinski definition) is 0. The Morgan fingerprint density at radius 2 is 2.03 bits per heavy atom. The van der Waals surface area contributed by atoms with E-state index in [0.717, 1.165) is 5.57 Å². The second kappa shape index (κ2) is 7.67. The van der Waals surface area contributed by atoms with Gasteiger partial charge < -0.3 is 23.4 Å². The van der Waals surface area contributed by atoms with E-state index < -0.39 is 35.7 Å². The van der Waals surface area contributed by atoms with Crippen LogP contribution in [0.2, 0.25) is 0 Å². The summed E-state index contributed by atoms with van der Waals surface area (Å²) in [5.74, 6) is -0.745. The van der Waals surface area contributed by atoms with Crippen LogP contribution >= 0.6 is 0 Å². The first-order valence-corrected chi connectivity index (χ1v) is 10.3. The van der Waals surface area contributed by atoms with Crippen molar-refractivity contribution in [2.24, 2.45) is 5.92 Å². The highest BCUT2D eigenvalue weighted by atomic mass is 16.6. The number of rotatable bonds is 3. The van der Waals surface area contributed by atoms with Gasteiger partial charge in [0.2, 0.25) is 0 Å². The van der Waals surface area contributed by atoms with E-state index in [9.17, 15) is 14.4 Å². The lowest BCUT2D eigenvalue weighted by Crippen LogP contribution is -2.27. The molecule has 3 aliphatic heterocycles. The normalized spacial score (nSPS) is 31.7. The van der Waals surface area contributed by atoms with Crippen LogP contribution in [0.4, 0.5) is 0 Å². The maximum absolute atomic E-state index is 12.6. The van der Waals surface area contributed by atoms with Gasteiger partial charge in [-0.3, -0.25) is 4.79 Å². The minimum atomic E-state index is -0.794. The molecule has 1 fully saturated rings. The molecule has 1 aromatic rings. The van der Waals surface area contributed by atoms with Crippen molar-refractivity contribution >= 4 is 17.9 Å². The van der Waals surface area contributed by atoms with Gasteiger partial charge in [-0.2, -0.15) is 0 Å². The van der Waals surface area contributed by atoms with E-state index in [2.05, 4.69) is 6.58 Å². The van der Waals surface area contributed by atoms with Crippen molar-refractivity contribution in [1.29, 1.82) is 0 Å². The van der Waals surface area contributed by atoms with Crippen molar-refractivity contribution in [3.63, 3.8) is 0 Å². The summed E-state index contributed by atoms with van der Waals surface area (Å²) in [5, 5.41) is 0. The van der Waals surface area contributed by atoms with Gasteiger partial charge in [0.05, 0.1) is 12.7 Å². The first kappa shape index (κ1) is 21.4. The summed E-state index contributed by atoms with van der Waals surface area (Å²) in [6.07, 6.45) is 1.09. The highest BCUT2D eigenvalue weighted by Crippen LogP contribution is 2.54. The summed E-state index contributed by atoms with van der Waals surface area (Å²) in [4.78, 5) is 36.7. The van der Waals surface area contributed by atoms with Gasteiger partial charge in [-0.25, -0.2) is 9.59 Å². The second-order valence-electron chi connectivity index (χ2n) is 8.64. The molecule has 0 N–H and O–H groups in total. The minimum Gasteiger partial charge on any atom is -0.465 e. The first-order chi connectivity index (χ1) is 14.6. The number of ether oxygens (including phenoxy) is 4. The quantitative estimate of drug-likeness (QED) is 0.312. The lowest BCUT2D eigenvalue weighted by atomic mass is 9.87. The van der Waals surface area contributed by atoms with Crippen LogP contribution in [0.3, 0.4) is 0 Å². The van der Waals surface area contributed by atoms with Crippen molar-refractivity contribution in [2.75, 3.05) is 7.11 Å². The number of hydrogen-bond acceptors (Lipinski definition) is 8. The van der Waals surface area contributed by atoms with Gasteiger partial charge in [-0.15, -0.1) is 0 Å². The van der Waals surface area contributed by atoms with Gasteiger partial charge in [0.25, 0.3) is 0 Å². The molecule has 0 aromatic carbocycles. The molecule has 8 nitrogen and oxygen atoms in total. The number of methoxy groups -OCH3 is 1. The van der Waals surface area contributed by atoms with Crippen LogP contribution in [0.15, 0.2) is 34.3 Å². The monoisotopic (exact) mass is 430 g/mol. The SMILES string of the molecule is C=C(C)C1Cc2oc(cc2C(=O)OC)C2OC2(C)CC2C=C(C(=O)O2)C(OC(C)=O)C1. The summed E-state index contributed by atoms with van der Waals surface area (Å²) in [6, 6.07) is 1.66. The third kappa shape index (κ3) is 4.04. The molecule has 5 atom stereocenters. The van der Waals surface area contributed by atoms with E-state index in [1.54, 1.807) is 12.1 Å². The Labute approximate surface area is 180 Å². The smallest absolute Gasteiger partial charge is 0.341 e. The fraction of sp³-hybridized carbons (Fsp3) is 0.522. The average Bonchev–Trinajstić information content (AvgIpc) is 3.00. The summed E-state index contributed by atoms with van der Waals surface area (Å²) >= 11 is 0. The van der Waals surface area contributed by atoms with Crippen molar-refractivity contribution in [1.82, 2.24) is 0 Å². The van der Waals surface area contributed by atoms with E-state index in [1.165, 1.54) is 14.0 Å². The summed E-state index contributed by atoms with van der Waals surface area (Å²) in [7, 11) is 1.31. The fourth-order valence-electron chi connectivity index (χ4n) is 4.39. The van der Waals surface area contributed by atoms with Gasteiger partial charge >= 0.3 is 17.9 Å². The molecule has 31 heavy (non-hydrogen) atoms. The Morgan fingerprint density at radius 1 is 1.29 bits per heavy atom. The van der Waals surface area contributed by atoms with Crippen LogP contribution in [-0.4, -0.2) is 42.8 Å². The van der Waals surface area contributed by atoms with Crippen LogP contribution in [0, 0.1) is 5.92 Å². The Bertz CT molecular complexity index is 986. The molecule has 5 unspecified atom stereocenters. The van der Waals surface area contributed by atoms with Gasteiger partial charge in [0, 0.05) is 19.8 Å². The Kier molecular flexibility index (Phi) is 5.29. The van der Waals surface area contributed by atoms with Crippen molar-refractivity contribution < 1.29 is 37.7 Å². The van der Waals surface area contributed by atoms with Gasteiger partial charge in [0.1, 0.15) is 41.0 Å². The molecule has 8 heteroatoms. The highest BCUT2D eigenvalue weighted by molar-refractivity contribution is 5.92. The molecule has 0 spiro atoms. The molecule has 0 amide bonds. The number of carbonyl (C=O) groups is 3. The third-order valence-electron chi connectivity index (χ3n) is 6.12. The zero-order chi connectivity index (χ0) is 22.5. The minimum absolute atomic E-state index is 0.230. The lowest BCUT2D eigenvalue weighted by Gasteiger charge is -2.23. The van der Waals surface area contributed by atoms with E-state index in [-0.39, 0.29) is 12.0 Å². The molecule has 4 heterocycles. The second-order valence-corrected chi connectivity index (χ2v) is 8.64. The van der Waals surface area contributed by atoms with Gasteiger partial charge in [-0.1, -0.05) is 12.2 Å². The van der Waals surface area contributed by atoms with Crippen LogP contribution in [0.1, 0.15) is 61.6 Å². The van der Waals surface area contributed by atoms with E-state index in [0.29, 0.717) is 41.9 Å². The topological polar surface area (TPSA) is 105 Å². The summed E-state index contributed by atoms with van der Waals surface area (Å²) < 4.78 is 27.9. The molecule has 4 rings (SSSR count). The zero-order valence-corrected chi connectivity index (χ0v) is 18.1. The molecular weight excluding hydrogens is 404 g/mol. The predicted octanol–water partition coefficient (Wildman–Crippen LogP) is 3.21. The zero-order valence-electron chi connectivity index (χ0n) is 18.1. The lowest BCUT2D eigenvalue weighted by molar-refractivity contribution is -0.147. The molecular formula is C23H26O8. The van der Waals surface area contributed by atoms with Crippen LogP contribution in [-0.2, 0) is 35.0 Å². The predicted molar refractivity (Wildman–Crippen MR) is 107 cm³/mol. The maximum Gasteiger partial charge on any atom is 0.341 e. The molecule has 1 aromatic heterocycles. The van der Waals surface area contributed by atoms with E-state index in [1.807, 2.05) is 13.8 Å². The Balaban J connectivity index is 1.78. The number of furan rings is 1. The molecule has 1 saturated heterocycles. The molecule has 0 radical (unpaired) electrons. The average molecular weight is 430 g/mol. The van der Waals surface area contributed by atoms with Gasteiger partial charge in [0.15, 0.2) is 0 Å². The Hall–Kier alpha value is -2.87. The molecule has 166 valence electrons.